The quantitative estimate of drug-likeness (QED) is 0.742. The highest BCUT2D eigenvalue weighted by Crippen LogP contribution is 2.25. The van der Waals surface area contributed by atoms with Crippen molar-refractivity contribution in [2.24, 2.45) is 0 Å². The van der Waals surface area contributed by atoms with Crippen molar-refractivity contribution >= 4 is 23.1 Å². The van der Waals surface area contributed by atoms with Crippen LogP contribution in [0.4, 0.5) is 11.4 Å². The van der Waals surface area contributed by atoms with Crippen molar-refractivity contribution in [3.8, 4) is 0 Å². The molecule has 2 fully saturated rings. The van der Waals surface area contributed by atoms with E-state index in [-0.39, 0.29) is 24.7 Å². The Balaban J connectivity index is 1.78. The molecular formula is C14H16N2O2. The van der Waals surface area contributed by atoms with Crippen LogP contribution >= 0.6 is 0 Å². The van der Waals surface area contributed by atoms with Gasteiger partial charge in [-0.3, -0.25) is 9.59 Å². The SMILES string of the molecule is O=C1CC(=O)N(c2ccc(N3CCCC3)cc2)C1. The molecule has 2 aliphatic heterocycles. The first-order chi connectivity index (χ1) is 8.74. The molecule has 1 aromatic rings. The van der Waals surface area contributed by atoms with Gasteiger partial charge in [-0.05, 0) is 37.1 Å². The summed E-state index contributed by atoms with van der Waals surface area (Å²) in [5.41, 5.74) is 2.03. The number of hydrogen-bond acceptors (Lipinski definition) is 3. The second-order valence-electron chi connectivity index (χ2n) is 4.91. The van der Waals surface area contributed by atoms with Crippen LogP contribution in [0.3, 0.4) is 0 Å². The highest BCUT2D eigenvalue weighted by Gasteiger charge is 2.28. The molecule has 2 aliphatic rings. The third-order valence-electron chi connectivity index (χ3n) is 3.62. The van der Waals surface area contributed by atoms with Crippen LogP contribution in [0.25, 0.3) is 0 Å². The van der Waals surface area contributed by atoms with Crippen molar-refractivity contribution in [3.05, 3.63) is 24.3 Å². The first-order valence-corrected chi connectivity index (χ1v) is 6.41. The summed E-state index contributed by atoms with van der Waals surface area (Å²) in [5.74, 6) is -0.0856. The number of rotatable bonds is 2. The summed E-state index contributed by atoms with van der Waals surface area (Å²) >= 11 is 0. The van der Waals surface area contributed by atoms with E-state index in [0.29, 0.717) is 0 Å². The molecule has 94 valence electrons. The highest BCUT2D eigenvalue weighted by molar-refractivity contribution is 6.15. The predicted molar refractivity (Wildman–Crippen MR) is 69.9 cm³/mol. The Morgan fingerprint density at radius 1 is 0.889 bits per heavy atom. The Hall–Kier alpha value is -1.84. The fourth-order valence-corrected chi connectivity index (χ4v) is 2.64. The van der Waals surface area contributed by atoms with Crippen molar-refractivity contribution in [1.29, 1.82) is 0 Å². The maximum atomic E-state index is 11.6. The fourth-order valence-electron chi connectivity index (χ4n) is 2.64. The number of benzene rings is 1. The normalized spacial score (nSPS) is 20.0. The number of anilines is 2. The zero-order chi connectivity index (χ0) is 12.5. The van der Waals surface area contributed by atoms with Gasteiger partial charge in [0, 0.05) is 24.5 Å². The minimum absolute atomic E-state index is 0.00335. The largest absolute Gasteiger partial charge is 0.372 e. The van der Waals surface area contributed by atoms with E-state index in [1.54, 1.807) is 4.90 Å². The van der Waals surface area contributed by atoms with Gasteiger partial charge in [0.05, 0.1) is 13.0 Å². The standard InChI is InChI=1S/C14H16N2O2/c17-13-9-14(18)16(10-13)12-5-3-11(4-6-12)15-7-1-2-8-15/h3-6H,1-2,7-10H2. The molecule has 2 heterocycles. The first kappa shape index (κ1) is 11.3. The lowest BCUT2D eigenvalue weighted by atomic mass is 10.2. The number of carbonyl (C=O) groups is 2. The minimum atomic E-state index is -0.0890. The monoisotopic (exact) mass is 244 g/mol. The van der Waals surface area contributed by atoms with Crippen molar-refractivity contribution in [2.45, 2.75) is 19.3 Å². The lowest BCUT2D eigenvalue weighted by molar-refractivity contribution is -0.121. The zero-order valence-corrected chi connectivity index (χ0v) is 10.3. The minimum Gasteiger partial charge on any atom is -0.372 e. The van der Waals surface area contributed by atoms with Gasteiger partial charge in [0.25, 0.3) is 0 Å². The number of hydrogen-bond donors (Lipinski definition) is 0. The van der Waals surface area contributed by atoms with Crippen molar-refractivity contribution in [3.63, 3.8) is 0 Å². The Morgan fingerprint density at radius 2 is 1.50 bits per heavy atom. The Morgan fingerprint density at radius 3 is 2.06 bits per heavy atom. The second kappa shape index (κ2) is 4.44. The van der Waals surface area contributed by atoms with Crippen LogP contribution in [0.15, 0.2) is 24.3 Å². The van der Waals surface area contributed by atoms with Gasteiger partial charge >= 0.3 is 0 Å². The Kier molecular flexibility index (Phi) is 2.78. The Bertz CT molecular complexity index is 475. The summed E-state index contributed by atoms with van der Waals surface area (Å²) < 4.78 is 0. The number of carbonyl (C=O) groups excluding carboxylic acids is 2. The number of Topliss-reactive ketones (excluding diaryl/α,β-unsaturated/α-hetero) is 1. The molecule has 0 aromatic heterocycles. The van der Waals surface area contributed by atoms with Crippen molar-refractivity contribution in [2.75, 3.05) is 29.4 Å². The maximum Gasteiger partial charge on any atom is 0.234 e. The molecule has 0 spiro atoms. The van der Waals surface area contributed by atoms with Crippen LogP contribution in [-0.2, 0) is 9.59 Å². The van der Waals surface area contributed by atoms with Gasteiger partial charge in [0.1, 0.15) is 0 Å². The molecule has 0 atom stereocenters. The molecule has 0 N–H and O–H groups in total. The maximum absolute atomic E-state index is 11.6. The van der Waals surface area contributed by atoms with E-state index in [0.717, 1.165) is 18.8 Å². The topological polar surface area (TPSA) is 40.6 Å². The van der Waals surface area contributed by atoms with E-state index in [2.05, 4.69) is 4.90 Å². The van der Waals surface area contributed by atoms with Gasteiger partial charge in [0.15, 0.2) is 5.78 Å². The number of amides is 1. The average Bonchev–Trinajstić information content (AvgIpc) is 2.99. The molecule has 1 aromatic carbocycles. The summed E-state index contributed by atoms with van der Waals surface area (Å²) in [5, 5.41) is 0. The van der Waals surface area contributed by atoms with E-state index in [4.69, 9.17) is 0 Å². The number of nitrogens with zero attached hydrogens (tertiary/aromatic N) is 2. The molecular weight excluding hydrogens is 228 g/mol. The molecule has 0 aliphatic carbocycles. The molecule has 0 saturated carbocycles. The molecule has 0 radical (unpaired) electrons. The smallest absolute Gasteiger partial charge is 0.234 e. The summed E-state index contributed by atoms with van der Waals surface area (Å²) in [4.78, 5) is 26.8. The first-order valence-electron chi connectivity index (χ1n) is 6.41. The van der Waals surface area contributed by atoms with E-state index in [1.165, 1.54) is 18.5 Å². The van der Waals surface area contributed by atoms with E-state index in [1.807, 2.05) is 24.3 Å². The van der Waals surface area contributed by atoms with E-state index in [9.17, 15) is 9.59 Å². The summed E-state index contributed by atoms with van der Waals surface area (Å²) in [7, 11) is 0. The van der Waals surface area contributed by atoms with Gasteiger partial charge in [-0.1, -0.05) is 0 Å². The highest BCUT2D eigenvalue weighted by atomic mass is 16.2. The third-order valence-corrected chi connectivity index (χ3v) is 3.62. The van der Waals surface area contributed by atoms with Crippen LogP contribution in [0.5, 0.6) is 0 Å². The van der Waals surface area contributed by atoms with Crippen LogP contribution in [-0.4, -0.2) is 31.3 Å². The summed E-state index contributed by atoms with van der Waals surface area (Å²) in [6.07, 6.45) is 2.55. The van der Waals surface area contributed by atoms with Gasteiger partial charge in [-0.15, -0.1) is 0 Å². The Labute approximate surface area is 106 Å². The molecule has 0 bridgehead atoms. The predicted octanol–water partition coefficient (Wildman–Crippen LogP) is 1.59. The van der Waals surface area contributed by atoms with Crippen LogP contribution < -0.4 is 9.80 Å². The molecule has 1 amide bonds. The van der Waals surface area contributed by atoms with Gasteiger partial charge in [0.2, 0.25) is 5.91 Å². The van der Waals surface area contributed by atoms with Crippen LogP contribution in [0, 0.1) is 0 Å². The van der Waals surface area contributed by atoms with Crippen molar-refractivity contribution < 1.29 is 9.59 Å². The average molecular weight is 244 g/mol. The summed E-state index contributed by atoms with van der Waals surface area (Å²) in [6.45, 7) is 2.45. The molecule has 2 saturated heterocycles. The summed E-state index contributed by atoms with van der Waals surface area (Å²) in [6, 6.07) is 7.95. The second-order valence-corrected chi connectivity index (χ2v) is 4.91. The molecule has 18 heavy (non-hydrogen) atoms. The lowest BCUT2D eigenvalue weighted by Crippen LogP contribution is -2.24. The molecule has 3 rings (SSSR count). The third kappa shape index (κ3) is 1.98. The lowest BCUT2D eigenvalue weighted by Gasteiger charge is -2.20. The fraction of sp³-hybridized carbons (Fsp3) is 0.429. The van der Waals surface area contributed by atoms with Crippen LogP contribution in [0.2, 0.25) is 0 Å². The van der Waals surface area contributed by atoms with Gasteiger partial charge in [-0.25, -0.2) is 0 Å². The van der Waals surface area contributed by atoms with E-state index >= 15 is 0 Å². The van der Waals surface area contributed by atoms with Gasteiger partial charge in [-0.2, -0.15) is 0 Å². The van der Waals surface area contributed by atoms with Crippen molar-refractivity contribution in [1.82, 2.24) is 0 Å². The van der Waals surface area contributed by atoms with E-state index < -0.39 is 0 Å². The zero-order valence-electron chi connectivity index (χ0n) is 10.3. The van der Waals surface area contributed by atoms with Crippen LogP contribution in [0.1, 0.15) is 19.3 Å². The molecule has 4 heteroatoms. The number of ketones is 1. The molecule has 4 nitrogen and oxygen atoms in total. The molecule has 0 unspecified atom stereocenters. The van der Waals surface area contributed by atoms with Gasteiger partial charge < -0.3 is 9.80 Å².